The quantitative estimate of drug-likeness (QED) is 0.166. The van der Waals surface area contributed by atoms with Gasteiger partial charge in [-0.2, -0.15) is 0 Å². The maximum atomic E-state index is 12.4. The number of carbonyl (C=O) groups excluding carboxylic acids is 1. The average molecular weight is 492 g/mol. The molecular weight excluding hydrogens is 462 g/mol. The van der Waals surface area contributed by atoms with Gasteiger partial charge in [-0.05, 0) is 73.5 Å². The molecule has 0 amide bonds. The SMILES string of the molecule is O=C(CS(=O)c1ccccc1)c1ccc(NCCCCCCCC#Cc2ccc(Cl)cc2)cc1. The van der Waals surface area contributed by atoms with Crippen LogP contribution in [0.3, 0.4) is 0 Å². The van der Waals surface area contributed by atoms with Gasteiger partial charge < -0.3 is 5.32 Å². The van der Waals surface area contributed by atoms with Gasteiger partial charge in [0.2, 0.25) is 0 Å². The van der Waals surface area contributed by atoms with Gasteiger partial charge in [-0.15, -0.1) is 0 Å². The molecule has 1 unspecified atom stereocenters. The Labute approximate surface area is 210 Å². The largest absolute Gasteiger partial charge is 0.385 e. The average Bonchev–Trinajstić information content (AvgIpc) is 2.87. The molecule has 0 radical (unpaired) electrons. The van der Waals surface area contributed by atoms with Crippen LogP contribution in [-0.2, 0) is 10.8 Å². The number of benzene rings is 3. The molecule has 0 saturated carbocycles. The van der Waals surface area contributed by atoms with Crippen molar-refractivity contribution < 1.29 is 9.00 Å². The van der Waals surface area contributed by atoms with E-state index >= 15 is 0 Å². The predicted octanol–water partition coefficient (Wildman–Crippen LogP) is 7.13. The minimum atomic E-state index is -1.32. The summed E-state index contributed by atoms with van der Waals surface area (Å²) in [5.74, 6) is 6.30. The summed E-state index contributed by atoms with van der Waals surface area (Å²) in [4.78, 5) is 13.1. The zero-order valence-electron chi connectivity index (χ0n) is 19.3. The van der Waals surface area contributed by atoms with Crippen molar-refractivity contribution in [2.75, 3.05) is 17.6 Å². The third kappa shape index (κ3) is 9.17. The molecule has 5 heteroatoms. The van der Waals surface area contributed by atoms with Crippen LogP contribution >= 0.6 is 11.6 Å². The summed E-state index contributed by atoms with van der Waals surface area (Å²) < 4.78 is 12.3. The molecule has 3 nitrogen and oxygen atoms in total. The van der Waals surface area contributed by atoms with Crippen LogP contribution in [0.25, 0.3) is 0 Å². The molecule has 1 atom stereocenters. The van der Waals surface area contributed by atoms with Crippen LogP contribution in [-0.4, -0.2) is 22.3 Å². The van der Waals surface area contributed by atoms with Gasteiger partial charge in [0.1, 0.15) is 0 Å². The highest BCUT2D eigenvalue weighted by Crippen LogP contribution is 2.14. The van der Waals surface area contributed by atoms with Crippen LogP contribution in [0.4, 0.5) is 5.69 Å². The molecule has 0 aliphatic rings. The molecule has 0 spiro atoms. The molecule has 1 N–H and O–H groups in total. The van der Waals surface area contributed by atoms with E-state index < -0.39 is 10.8 Å². The Morgan fingerprint density at radius 3 is 2.24 bits per heavy atom. The van der Waals surface area contributed by atoms with Crippen molar-refractivity contribution >= 4 is 33.9 Å². The van der Waals surface area contributed by atoms with E-state index in [-0.39, 0.29) is 11.5 Å². The van der Waals surface area contributed by atoms with E-state index in [2.05, 4.69) is 17.2 Å². The van der Waals surface area contributed by atoms with Crippen molar-refractivity contribution in [3.05, 3.63) is 95.0 Å². The maximum absolute atomic E-state index is 12.4. The molecule has 176 valence electrons. The summed E-state index contributed by atoms with van der Waals surface area (Å²) in [5, 5.41) is 4.14. The Morgan fingerprint density at radius 2 is 1.50 bits per heavy atom. The Balaban J connectivity index is 1.26. The van der Waals surface area contributed by atoms with Gasteiger partial charge in [0.15, 0.2) is 5.78 Å². The fraction of sp³-hybridized carbons (Fsp3) is 0.276. The first-order valence-corrected chi connectivity index (χ1v) is 13.4. The smallest absolute Gasteiger partial charge is 0.175 e. The van der Waals surface area contributed by atoms with E-state index in [0.717, 1.165) is 42.1 Å². The first-order valence-electron chi connectivity index (χ1n) is 11.7. The fourth-order valence-corrected chi connectivity index (χ4v) is 4.59. The lowest BCUT2D eigenvalue weighted by Gasteiger charge is -2.07. The summed E-state index contributed by atoms with van der Waals surface area (Å²) in [7, 11) is -1.32. The van der Waals surface area contributed by atoms with Crippen LogP contribution in [0.15, 0.2) is 83.8 Å². The first kappa shape index (κ1) is 25.7. The number of unbranched alkanes of at least 4 members (excludes halogenated alkanes) is 5. The number of Topliss-reactive ketones (excluding diaryl/α,β-unsaturated/α-hetero) is 1. The Hall–Kier alpha value is -2.87. The molecule has 34 heavy (non-hydrogen) atoms. The van der Waals surface area contributed by atoms with Gasteiger partial charge in [0.25, 0.3) is 0 Å². The zero-order valence-corrected chi connectivity index (χ0v) is 20.8. The summed E-state index contributed by atoms with van der Waals surface area (Å²) in [6.45, 7) is 0.904. The number of anilines is 1. The number of nitrogens with one attached hydrogen (secondary N) is 1. The van der Waals surface area contributed by atoms with Gasteiger partial charge in [-0.1, -0.05) is 60.9 Å². The van der Waals surface area contributed by atoms with E-state index in [4.69, 9.17) is 11.6 Å². The highest BCUT2D eigenvalue weighted by Gasteiger charge is 2.12. The van der Waals surface area contributed by atoms with Crippen molar-refractivity contribution in [3.63, 3.8) is 0 Å². The van der Waals surface area contributed by atoms with Gasteiger partial charge in [0.05, 0.1) is 16.6 Å². The molecule has 0 heterocycles. The van der Waals surface area contributed by atoms with Gasteiger partial charge in [0, 0.05) is 39.7 Å². The van der Waals surface area contributed by atoms with E-state index in [9.17, 15) is 9.00 Å². The number of carbonyl (C=O) groups is 1. The highest BCUT2D eigenvalue weighted by molar-refractivity contribution is 7.85. The Morgan fingerprint density at radius 1 is 0.824 bits per heavy atom. The molecule has 0 aliphatic carbocycles. The van der Waals surface area contributed by atoms with Crippen LogP contribution in [0.2, 0.25) is 5.02 Å². The Bertz CT molecular complexity index is 1120. The maximum Gasteiger partial charge on any atom is 0.175 e. The normalized spacial score (nSPS) is 11.3. The van der Waals surface area contributed by atoms with E-state index in [1.54, 1.807) is 24.3 Å². The van der Waals surface area contributed by atoms with E-state index in [1.165, 1.54) is 19.3 Å². The molecule has 3 aromatic carbocycles. The highest BCUT2D eigenvalue weighted by atomic mass is 35.5. The van der Waals surface area contributed by atoms with Crippen LogP contribution in [0.5, 0.6) is 0 Å². The molecule has 0 bridgehead atoms. The minimum Gasteiger partial charge on any atom is -0.385 e. The van der Waals surface area contributed by atoms with Crippen molar-refractivity contribution in [3.8, 4) is 11.8 Å². The summed E-state index contributed by atoms with van der Waals surface area (Å²) in [5.41, 5.74) is 2.60. The van der Waals surface area contributed by atoms with Crippen LogP contribution in [0.1, 0.15) is 54.4 Å². The predicted molar refractivity (Wildman–Crippen MR) is 143 cm³/mol. The second-order valence-electron chi connectivity index (χ2n) is 8.06. The molecule has 0 aliphatic heterocycles. The van der Waals surface area contributed by atoms with Gasteiger partial charge in [-0.3, -0.25) is 9.00 Å². The lowest BCUT2D eigenvalue weighted by atomic mass is 10.1. The molecule has 0 aromatic heterocycles. The number of halogens is 1. The second-order valence-corrected chi connectivity index (χ2v) is 9.94. The van der Waals surface area contributed by atoms with Gasteiger partial charge >= 0.3 is 0 Å². The number of hydrogen-bond acceptors (Lipinski definition) is 3. The second kappa shape index (κ2) is 14.4. The molecule has 0 fully saturated rings. The molecule has 3 rings (SSSR count). The van der Waals surface area contributed by atoms with Crippen molar-refractivity contribution in [1.29, 1.82) is 0 Å². The van der Waals surface area contributed by atoms with E-state index in [0.29, 0.717) is 10.5 Å². The van der Waals surface area contributed by atoms with Crippen LogP contribution < -0.4 is 5.32 Å². The molecule has 0 saturated heterocycles. The van der Waals surface area contributed by atoms with Crippen LogP contribution in [0, 0.1) is 11.8 Å². The summed E-state index contributed by atoms with van der Waals surface area (Å²) >= 11 is 5.88. The summed E-state index contributed by atoms with van der Waals surface area (Å²) in [6, 6.07) is 24.2. The molecule has 3 aromatic rings. The van der Waals surface area contributed by atoms with Gasteiger partial charge in [-0.25, -0.2) is 0 Å². The fourth-order valence-electron chi connectivity index (χ4n) is 3.43. The summed E-state index contributed by atoms with van der Waals surface area (Å²) in [6.07, 6.45) is 6.73. The zero-order chi connectivity index (χ0) is 24.0. The lowest BCUT2D eigenvalue weighted by Crippen LogP contribution is -2.11. The minimum absolute atomic E-state index is 0.00347. The van der Waals surface area contributed by atoms with Crippen molar-refractivity contribution in [1.82, 2.24) is 0 Å². The topological polar surface area (TPSA) is 46.2 Å². The number of hydrogen-bond donors (Lipinski definition) is 1. The van der Waals surface area contributed by atoms with Crippen molar-refractivity contribution in [2.24, 2.45) is 0 Å². The van der Waals surface area contributed by atoms with E-state index in [1.807, 2.05) is 54.6 Å². The number of ketones is 1. The number of rotatable bonds is 12. The standard InChI is InChI=1S/C29H30ClNO2S/c30-26-18-14-24(15-19-26)11-7-4-2-1-3-5-10-22-31-27-20-16-25(17-21-27)29(32)23-34(33)28-12-8-6-9-13-28/h6,8-9,12-21,31H,1-5,10,22-23H2. The van der Waals surface area contributed by atoms with Crippen molar-refractivity contribution in [2.45, 2.75) is 43.4 Å². The molecular formula is C29H30ClNO2S. The third-order valence-corrected chi connectivity index (χ3v) is 6.93. The first-order chi connectivity index (χ1) is 16.6. The monoisotopic (exact) mass is 491 g/mol. The Kier molecular flexibility index (Phi) is 10.9. The third-order valence-electron chi connectivity index (χ3n) is 5.36. The lowest BCUT2D eigenvalue weighted by molar-refractivity contribution is 0.102.